The van der Waals surface area contributed by atoms with Crippen LogP contribution in [-0.2, 0) is 14.4 Å². The van der Waals surface area contributed by atoms with Gasteiger partial charge in [0.15, 0.2) is 0 Å². The van der Waals surface area contributed by atoms with E-state index in [0.717, 1.165) is 16.7 Å². The first-order valence-corrected chi connectivity index (χ1v) is 9.07. The van der Waals surface area contributed by atoms with Gasteiger partial charge in [0, 0.05) is 5.97 Å². The molecule has 0 bridgehead atoms. The number of carbonyl (C=O) groups excluding carboxylic acids is 3. The van der Waals surface area contributed by atoms with Crippen LogP contribution in [0.2, 0.25) is 0 Å². The average Bonchev–Trinajstić information content (AvgIpc) is 2.88. The monoisotopic (exact) mass is 405 g/mol. The molecule has 9 heteroatoms. The van der Waals surface area contributed by atoms with Crippen molar-refractivity contribution in [2.24, 2.45) is 0 Å². The second-order valence-electron chi connectivity index (χ2n) is 5.47. The van der Waals surface area contributed by atoms with Gasteiger partial charge in [0.1, 0.15) is 16.7 Å². The number of hydrogen-bond acceptors (Lipinski definition) is 8. The number of thioether (sulfide) groups is 1. The van der Waals surface area contributed by atoms with Crippen LogP contribution in [0.5, 0.6) is 5.75 Å². The van der Waals surface area contributed by atoms with Gasteiger partial charge in [-0.05, 0) is 36.6 Å². The third-order valence-electron chi connectivity index (χ3n) is 3.57. The first-order chi connectivity index (χ1) is 12.8. The summed E-state index contributed by atoms with van der Waals surface area (Å²) in [5, 5.41) is 22.0. The predicted molar refractivity (Wildman–Crippen MR) is 100 cm³/mol. The molecule has 2 rings (SSSR count). The summed E-state index contributed by atoms with van der Waals surface area (Å²) in [6, 6.07) is 5.45. The summed E-state index contributed by atoms with van der Waals surface area (Å²) in [4.78, 5) is 35.7. The largest absolute Gasteiger partial charge is 0.550 e. The lowest BCUT2D eigenvalue weighted by Gasteiger charge is -2.27. The van der Waals surface area contributed by atoms with Crippen molar-refractivity contribution in [3.63, 3.8) is 0 Å². The Balaban J connectivity index is 2.18. The van der Waals surface area contributed by atoms with Crippen molar-refractivity contribution >= 4 is 52.2 Å². The zero-order valence-electron chi connectivity index (χ0n) is 14.1. The first-order valence-electron chi connectivity index (χ1n) is 7.85. The second-order valence-corrected chi connectivity index (χ2v) is 7.14. The van der Waals surface area contributed by atoms with E-state index in [1.165, 1.54) is 0 Å². The van der Waals surface area contributed by atoms with Crippen molar-refractivity contribution in [1.82, 2.24) is 4.90 Å². The summed E-state index contributed by atoms with van der Waals surface area (Å²) >= 11 is 6.04. The molecule has 1 heterocycles. The molecule has 1 aromatic rings. The molecule has 7 nitrogen and oxygen atoms in total. The van der Waals surface area contributed by atoms with Crippen LogP contribution in [0, 0.1) is 0 Å². The fourth-order valence-electron chi connectivity index (χ4n) is 2.32. The Bertz CT molecular complexity index is 803. The molecule has 1 fully saturated rings. The van der Waals surface area contributed by atoms with Gasteiger partial charge < -0.3 is 24.5 Å². The van der Waals surface area contributed by atoms with Crippen LogP contribution in [0.15, 0.2) is 41.8 Å². The molecule has 0 radical (unpaired) electrons. The molecule has 1 aliphatic heterocycles. The highest BCUT2D eigenvalue weighted by Gasteiger charge is 2.37. The van der Waals surface area contributed by atoms with E-state index >= 15 is 0 Å². The predicted octanol–water partition coefficient (Wildman–Crippen LogP) is 0.101. The molecule has 1 aliphatic rings. The Morgan fingerprint density at radius 3 is 2.52 bits per heavy atom. The lowest BCUT2D eigenvalue weighted by Crippen LogP contribution is -2.50. The van der Waals surface area contributed by atoms with Gasteiger partial charge in [-0.15, -0.1) is 0 Å². The topological polar surface area (TPSA) is 110 Å². The van der Waals surface area contributed by atoms with Gasteiger partial charge in [-0.1, -0.05) is 48.8 Å². The first kappa shape index (κ1) is 20.7. The number of carboxylic acid groups (broad SMARTS) is 2. The van der Waals surface area contributed by atoms with Gasteiger partial charge in [0.05, 0.1) is 16.9 Å². The van der Waals surface area contributed by atoms with Crippen molar-refractivity contribution in [3.8, 4) is 5.75 Å². The highest BCUT2D eigenvalue weighted by atomic mass is 32.2. The molecule has 0 spiro atoms. The lowest BCUT2D eigenvalue weighted by atomic mass is 10.1. The van der Waals surface area contributed by atoms with Gasteiger partial charge in [0.25, 0.3) is 5.91 Å². The Morgan fingerprint density at radius 2 is 1.96 bits per heavy atom. The average molecular weight is 405 g/mol. The molecule has 142 valence electrons. The number of aliphatic carboxylic acids is 2. The van der Waals surface area contributed by atoms with E-state index in [-0.39, 0.29) is 15.6 Å². The normalized spacial score (nSPS) is 16.4. The molecule has 1 aromatic carbocycles. The number of amides is 1. The van der Waals surface area contributed by atoms with Gasteiger partial charge >= 0.3 is 0 Å². The molecule has 1 amide bonds. The molecular formula is C18H15NO6S2-2. The van der Waals surface area contributed by atoms with Gasteiger partial charge in [-0.25, -0.2) is 0 Å². The zero-order valence-corrected chi connectivity index (χ0v) is 15.7. The number of carbonyl (C=O) groups is 3. The van der Waals surface area contributed by atoms with Gasteiger partial charge in [-0.2, -0.15) is 0 Å². The number of rotatable bonds is 9. The van der Waals surface area contributed by atoms with Crippen LogP contribution in [-0.4, -0.2) is 39.7 Å². The molecule has 0 aromatic heterocycles. The van der Waals surface area contributed by atoms with Crippen molar-refractivity contribution in [1.29, 1.82) is 0 Å². The van der Waals surface area contributed by atoms with Crippen LogP contribution in [0.1, 0.15) is 18.4 Å². The third kappa shape index (κ3) is 5.41. The standard InChI is InChI=1S/C18H17NO6S2/c1-2-9-25-12-5-3-11(4-6-12)10-14-16(22)19(18(26)27-14)13(17(23)24)7-8-15(20)21/h2-6,10,13H,1,7-9H2,(H,20,21)(H,23,24)/p-2/b14-10+/t13-/m1/s1. The Labute approximate surface area is 165 Å². The molecule has 1 atom stereocenters. The quantitative estimate of drug-likeness (QED) is 0.323. The van der Waals surface area contributed by atoms with Crippen LogP contribution in [0.4, 0.5) is 0 Å². The maximum atomic E-state index is 12.6. The fraction of sp³-hybridized carbons (Fsp3) is 0.222. The van der Waals surface area contributed by atoms with E-state index in [2.05, 4.69) is 6.58 Å². The minimum absolute atomic E-state index is 0.0322. The number of carboxylic acids is 2. The summed E-state index contributed by atoms with van der Waals surface area (Å²) in [5.74, 6) is -2.96. The van der Waals surface area contributed by atoms with Crippen LogP contribution in [0.25, 0.3) is 6.08 Å². The number of nitrogens with zero attached hydrogens (tertiary/aromatic N) is 1. The highest BCUT2D eigenvalue weighted by Crippen LogP contribution is 2.34. The van der Waals surface area contributed by atoms with Crippen LogP contribution < -0.4 is 14.9 Å². The highest BCUT2D eigenvalue weighted by molar-refractivity contribution is 8.26. The molecule has 0 saturated carbocycles. The summed E-state index contributed by atoms with van der Waals surface area (Å²) in [6.07, 6.45) is 2.32. The summed E-state index contributed by atoms with van der Waals surface area (Å²) in [7, 11) is 0. The Morgan fingerprint density at radius 1 is 1.30 bits per heavy atom. The third-order valence-corrected chi connectivity index (χ3v) is 4.91. The summed E-state index contributed by atoms with van der Waals surface area (Å²) < 4.78 is 5.41. The van der Waals surface area contributed by atoms with Crippen molar-refractivity contribution in [3.05, 3.63) is 47.4 Å². The van der Waals surface area contributed by atoms with Gasteiger partial charge in [-0.3, -0.25) is 9.69 Å². The number of ether oxygens (including phenoxy) is 1. The van der Waals surface area contributed by atoms with E-state index in [1.54, 1.807) is 36.4 Å². The summed E-state index contributed by atoms with van der Waals surface area (Å²) in [6.45, 7) is 3.93. The number of thiocarbonyl (C=S) groups is 1. The SMILES string of the molecule is C=CCOc1ccc(/C=C2/SC(=S)N([C@H](CCC(=O)[O-])C(=O)[O-])C2=O)cc1. The molecule has 27 heavy (non-hydrogen) atoms. The lowest BCUT2D eigenvalue weighted by molar-refractivity contribution is -0.311. The van der Waals surface area contributed by atoms with E-state index in [0.29, 0.717) is 17.9 Å². The van der Waals surface area contributed by atoms with Crippen LogP contribution >= 0.6 is 24.0 Å². The Hall–Kier alpha value is -2.65. The van der Waals surface area contributed by atoms with E-state index in [4.69, 9.17) is 17.0 Å². The Kier molecular flexibility index (Phi) is 7.14. The second kappa shape index (κ2) is 9.33. The molecule has 0 aliphatic carbocycles. The van der Waals surface area contributed by atoms with Crippen molar-refractivity contribution in [2.75, 3.05) is 6.61 Å². The van der Waals surface area contributed by atoms with Crippen molar-refractivity contribution in [2.45, 2.75) is 18.9 Å². The van der Waals surface area contributed by atoms with Gasteiger partial charge in [0.2, 0.25) is 0 Å². The maximum Gasteiger partial charge on any atom is 0.266 e. The van der Waals surface area contributed by atoms with E-state index in [1.807, 2.05) is 0 Å². The fourth-order valence-corrected chi connectivity index (χ4v) is 3.68. The molecular weight excluding hydrogens is 390 g/mol. The van der Waals surface area contributed by atoms with Crippen LogP contribution in [0.3, 0.4) is 0 Å². The minimum atomic E-state index is -1.57. The molecule has 1 saturated heterocycles. The zero-order chi connectivity index (χ0) is 20.0. The number of benzene rings is 1. The number of hydrogen-bond donors (Lipinski definition) is 0. The maximum absolute atomic E-state index is 12.6. The summed E-state index contributed by atoms with van der Waals surface area (Å²) in [5.41, 5.74) is 0.696. The molecule has 0 N–H and O–H groups in total. The van der Waals surface area contributed by atoms with Crippen molar-refractivity contribution < 1.29 is 29.3 Å². The van der Waals surface area contributed by atoms with E-state index < -0.39 is 30.3 Å². The molecule has 0 unspecified atom stereocenters. The minimum Gasteiger partial charge on any atom is -0.550 e. The van der Waals surface area contributed by atoms with E-state index in [9.17, 15) is 24.6 Å². The smallest absolute Gasteiger partial charge is 0.266 e.